The Hall–Kier alpha value is -2.75. The Labute approximate surface area is 180 Å². The zero-order valence-electron chi connectivity index (χ0n) is 16.4. The summed E-state index contributed by atoms with van der Waals surface area (Å²) < 4.78 is 27.2. The predicted molar refractivity (Wildman–Crippen MR) is 117 cm³/mol. The number of hydrogen-bond acceptors (Lipinski definition) is 7. The monoisotopic (exact) mass is 444 g/mol. The first-order valence-corrected chi connectivity index (χ1v) is 11.3. The predicted octanol–water partition coefficient (Wildman–Crippen LogP) is 3.09. The Kier molecular flexibility index (Phi) is 5.85. The summed E-state index contributed by atoms with van der Waals surface area (Å²) in [6.07, 6.45) is 0. The molecule has 0 amide bonds. The number of piperazine rings is 1. The van der Waals surface area contributed by atoms with E-state index in [2.05, 4.69) is 20.5 Å². The Morgan fingerprint density at radius 3 is 2.33 bits per heavy atom. The van der Waals surface area contributed by atoms with Crippen LogP contribution in [-0.4, -0.2) is 54.1 Å². The minimum atomic E-state index is -3.62. The van der Waals surface area contributed by atoms with Gasteiger partial charge in [0.05, 0.1) is 5.02 Å². The molecule has 4 rings (SSSR count). The molecule has 1 aromatic carbocycles. The van der Waals surface area contributed by atoms with E-state index in [0.717, 1.165) is 5.69 Å². The van der Waals surface area contributed by atoms with E-state index < -0.39 is 10.0 Å². The molecular weight excluding hydrogens is 424 g/mol. The molecule has 0 bridgehead atoms. The maximum Gasteiger partial charge on any atom is 0.244 e. The summed E-state index contributed by atoms with van der Waals surface area (Å²) in [6.45, 7) is 3.66. The van der Waals surface area contributed by atoms with E-state index in [9.17, 15) is 8.42 Å². The van der Waals surface area contributed by atoms with Gasteiger partial charge < -0.3 is 10.2 Å². The second kappa shape index (κ2) is 8.55. The number of nitrogens with one attached hydrogen (secondary N) is 1. The normalized spacial score (nSPS) is 15.2. The first kappa shape index (κ1) is 20.5. The smallest absolute Gasteiger partial charge is 0.244 e. The van der Waals surface area contributed by atoms with Crippen molar-refractivity contribution >= 4 is 39.1 Å². The van der Waals surface area contributed by atoms with Crippen molar-refractivity contribution in [3.8, 4) is 0 Å². The van der Waals surface area contributed by atoms with Gasteiger partial charge in [-0.2, -0.15) is 4.31 Å². The van der Waals surface area contributed by atoms with Gasteiger partial charge in [-0.3, -0.25) is 0 Å². The van der Waals surface area contributed by atoms with Gasteiger partial charge >= 0.3 is 0 Å². The topological polar surface area (TPSA) is 91.3 Å². The summed E-state index contributed by atoms with van der Waals surface area (Å²) in [6, 6.07) is 15.9. The van der Waals surface area contributed by atoms with Crippen LogP contribution in [0.1, 0.15) is 5.69 Å². The summed E-state index contributed by atoms with van der Waals surface area (Å²) in [5, 5.41) is 11.8. The number of sulfonamides is 1. The Bertz CT molecular complexity index is 1130. The number of nitrogens with zero attached hydrogens (tertiary/aromatic N) is 5. The fourth-order valence-electron chi connectivity index (χ4n) is 3.26. The molecule has 10 heteroatoms. The second-order valence-corrected chi connectivity index (χ2v) is 9.20. The molecule has 0 radical (unpaired) electrons. The molecule has 156 valence electrons. The Morgan fingerprint density at radius 1 is 0.900 bits per heavy atom. The van der Waals surface area contributed by atoms with E-state index in [1.54, 1.807) is 18.2 Å². The van der Waals surface area contributed by atoms with Gasteiger partial charge in [0.1, 0.15) is 10.7 Å². The molecule has 2 aromatic heterocycles. The molecule has 1 saturated heterocycles. The van der Waals surface area contributed by atoms with Gasteiger partial charge in [-0.15, -0.1) is 10.2 Å². The number of pyridine rings is 1. The lowest BCUT2D eigenvalue weighted by atomic mass is 10.3. The number of anilines is 3. The van der Waals surface area contributed by atoms with E-state index in [0.29, 0.717) is 43.6 Å². The van der Waals surface area contributed by atoms with Crippen molar-refractivity contribution in [2.75, 3.05) is 36.4 Å². The van der Waals surface area contributed by atoms with Crippen molar-refractivity contribution in [2.24, 2.45) is 0 Å². The number of aryl methyl sites for hydroxylation is 1. The molecule has 1 fully saturated rings. The maximum atomic E-state index is 12.9. The zero-order valence-corrected chi connectivity index (χ0v) is 17.9. The van der Waals surface area contributed by atoms with Crippen molar-refractivity contribution in [2.45, 2.75) is 11.8 Å². The van der Waals surface area contributed by atoms with E-state index in [4.69, 9.17) is 11.6 Å². The van der Waals surface area contributed by atoms with Gasteiger partial charge in [0.2, 0.25) is 10.0 Å². The summed E-state index contributed by atoms with van der Waals surface area (Å²) in [5.74, 6) is 2.00. The highest BCUT2D eigenvalue weighted by atomic mass is 35.5. The number of aromatic nitrogens is 3. The molecule has 1 aliphatic rings. The second-order valence-electron chi connectivity index (χ2n) is 6.89. The van der Waals surface area contributed by atoms with Gasteiger partial charge in [-0.1, -0.05) is 29.8 Å². The van der Waals surface area contributed by atoms with Gasteiger partial charge in [0, 0.05) is 31.9 Å². The summed E-state index contributed by atoms with van der Waals surface area (Å²) in [7, 11) is -3.62. The molecule has 0 unspecified atom stereocenters. The number of halogens is 1. The lowest BCUT2D eigenvalue weighted by Gasteiger charge is -2.34. The maximum absolute atomic E-state index is 12.9. The van der Waals surface area contributed by atoms with Gasteiger partial charge in [0.15, 0.2) is 11.6 Å². The van der Waals surface area contributed by atoms with Crippen LogP contribution in [0.4, 0.5) is 17.5 Å². The van der Waals surface area contributed by atoms with Crippen LogP contribution >= 0.6 is 11.6 Å². The first-order chi connectivity index (χ1) is 14.4. The molecule has 8 nitrogen and oxygen atoms in total. The summed E-state index contributed by atoms with van der Waals surface area (Å²) in [4.78, 5) is 6.54. The quantitative estimate of drug-likeness (QED) is 0.646. The fourth-order valence-corrected chi connectivity index (χ4v) is 5.17. The van der Waals surface area contributed by atoms with Crippen LogP contribution in [0.15, 0.2) is 59.5 Å². The van der Waals surface area contributed by atoms with Crippen LogP contribution in [-0.2, 0) is 10.0 Å². The molecule has 0 saturated carbocycles. The SMILES string of the molecule is Cc1cccc(Nc2ccc(N3CCN(S(=O)(=O)c4ccccc4Cl)CC3)nn2)n1. The van der Waals surface area contributed by atoms with Crippen molar-refractivity contribution < 1.29 is 8.42 Å². The molecule has 3 aromatic rings. The molecule has 0 spiro atoms. The van der Waals surface area contributed by atoms with E-state index >= 15 is 0 Å². The Morgan fingerprint density at radius 2 is 1.67 bits per heavy atom. The average Bonchev–Trinajstić information content (AvgIpc) is 2.75. The highest BCUT2D eigenvalue weighted by molar-refractivity contribution is 7.89. The van der Waals surface area contributed by atoms with Crippen molar-refractivity contribution in [3.63, 3.8) is 0 Å². The van der Waals surface area contributed by atoms with Crippen LogP contribution in [0.25, 0.3) is 0 Å². The van der Waals surface area contributed by atoms with Crippen LogP contribution in [0, 0.1) is 6.92 Å². The standard InChI is InChI=1S/C20H21ClN6O2S/c1-15-5-4-8-18(22-15)23-19-9-10-20(25-24-19)26-11-13-27(14-12-26)30(28,29)17-7-3-2-6-16(17)21/h2-10H,11-14H2,1H3,(H,22,23,24). The third-order valence-corrected chi connectivity index (χ3v) is 7.21. The van der Waals surface area contributed by atoms with Crippen LogP contribution < -0.4 is 10.2 Å². The highest BCUT2D eigenvalue weighted by Crippen LogP contribution is 2.26. The minimum Gasteiger partial charge on any atom is -0.352 e. The number of benzene rings is 1. The summed E-state index contributed by atoms with van der Waals surface area (Å²) in [5.41, 5.74) is 0.911. The lowest BCUT2D eigenvalue weighted by molar-refractivity contribution is 0.383. The van der Waals surface area contributed by atoms with Crippen LogP contribution in [0.2, 0.25) is 5.02 Å². The zero-order chi connectivity index (χ0) is 21.1. The van der Waals surface area contributed by atoms with E-state index in [-0.39, 0.29) is 9.92 Å². The summed E-state index contributed by atoms with van der Waals surface area (Å²) >= 11 is 6.09. The lowest BCUT2D eigenvalue weighted by Crippen LogP contribution is -2.49. The van der Waals surface area contributed by atoms with Gasteiger partial charge in [0.25, 0.3) is 0 Å². The van der Waals surface area contributed by atoms with Gasteiger partial charge in [-0.05, 0) is 43.3 Å². The third-order valence-electron chi connectivity index (χ3n) is 4.81. The molecule has 3 heterocycles. The van der Waals surface area contributed by atoms with E-state index in [1.165, 1.54) is 10.4 Å². The van der Waals surface area contributed by atoms with Crippen molar-refractivity contribution in [3.05, 3.63) is 65.3 Å². The third kappa shape index (κ3) is 4.38. The van der Waals surface area contributed by atoms with Crippen LogP contribution in [0.5, 0.6) is 0 Å². The largest absolute Gasteiger partial charge is 0.352 e. The molecule has 1 aliphatic heterocycles. The average molecular weight is 445 g/mol. The number of rotatable bonds is 5. The fraction of sp³-hybridized carbons (Fsp3) is 0.250. The minimum absolute atomic E-state index is 0.139. The Balaban J connectivity index is 1.40. The number of hydrogen-bond donors (Lipinski definition) is 1. The van der Waals surface area contributed by atoms with E-state index in [1.807, 2.05) is 42.2 Å². The van der Waals surface area contributed by atoms with Gasteiger partial charge in [-0.25, -0.2) is 13.4 Å². The molecular formula is C20H21ClN6O2S. The molecule has 0 aliphatic carbocycles. The van der Waals surface area contributed by atoms with Crippen LogP contribution in [0.3, 0.4) is 0 Å². The molecule has 0 atom stereocenters. The highest BCUT2D eigenvalue weighted by Gasteiger charge is 2.30. The van der Waals surface area contributed by atoms with Crippen molar-refractivity contribution in [1.29, 1.82) is 0 Å². The first-order valence-electron chi connectivity index (χ1n) is 9.47. The molecule has 30 heavy (non-hydrogen) atoms. The van der Waals surface area contributed by atoms with Crippen molar-refractivity contribution in [1.82, 2.24) is 19.5 Å². The molecule has 1 N–H and O–H groups in total.